The van der Waals surface area contributed by atoms with E-state index >= 15 is 0 Å². The van der Waals surface area contributed by atoms with Crippen LogP contribution in [0.4, 0.5) is 0 Å². The lowest BCUT2D eigenvalue weighted by molar-refractivity contribution is 0.651. The third-order valence-corrected chi connectivity index (χ3v) is 31.6. The smallest absolute Gasteiger partial charge is 0.238 e. The van der Waals surface area contributed by atoms with E-state index in [1.807, 2.05) is 52.2 Å². The number of rotatable bonds is 6. The first-order valence-electron chi connectivity index (χ1n) is 43.0. The Morgan fingerprint density at radius 2 is 0.504 bits per heavy atom. The van der Waals surface area contributed by atoms with Gasteiger partial charge in [-0.2, -0.15) is 4.98 Å². The van der Waals surface area contributed by atoms with E-state index in [-0.39, 0.29) is 0 Å². The first-order valence-corrected chi connectivity index (χ1v) is 47.1. The Kier molecular flexibility index (Phi) is 16.0. The maximum atomic E-state index is 6.46. The van der Waals surface area contributed by atoms with E-state index in [0.717, 1.165) is 104 Å². The largest absolute Gasteiger partial charge is 0.437 e. The first-order chi connectivity index (χ1) is 63.9. The molecule has 30 aromatic rings. The van der Waals surface area contributed by atoms with Gasteiger partial charge in [0.2, 0.25) is 23.6 Å². The highest BCUT2D eigenvalue weighted by Crippen LogP contribution is 2.51. The fourth-order valence-corrected chi connectivity index (χ4v) is 25.9. The molecule has 600 valence electrons. The number of hydrogen-bond donors (Lipinski definition) is 0. The predicted molar refractivity (Wildman–Crippen MR) is 550 cm³/mol. The van der Waals surface area contributed by atoms with Crippen LogP contribution >= 0.6 is 56.7 Å². The van der Waals surface area contributed by atoms with Crippen molar-refractivity contribution in [3.8, 4) is 51.6 Å². The van der Waals surface area contributed by atoms with Gasteiger partial charge in [0.15, 0.2) is 0 Å². The molecule has 30 rings (SSSR count). The van der Waals surface area contributed by atoms with Crippen LogP contribution in [0.3, 0.4) is 0 Å². The first kappa shape index (κ1) is 72.6. The number of thiophene rings is 5. The van der Waals surface area contributed by atoms with E-state index < -0.39 is 0 Å². The lowest BCUT2D eigenvalue weighted by atomic mass is 10.0. The summed E-state index contributed by atoms with van der Waals surface area (Å²) in [6, 6.07) is 136. The van der Waals surface area contributed by atoms with Crippen LogP contribution in [0.2, 0.25) is 0 Å². The summed E-state index contributed by atoms with van der Waals surface area (Å²) >= 11 is 8.99. The molecule has 18 aromatic carbocycles. The average Bonchev–Trinajstić information content (AvgIpc) is 1.57. The van der Waals surface area contributed by atoms with Crippen molar-refractivity contribution in [3.63, 3.8) is 0 Å². The van der Waals surface area contributed by atoms with Crippen molar-refractivity contribution in [2.45, 2.75) is 0 Å². The van der Waals surface area contributed by atoms with Gasteiger partial charge in [0.05, 0.1) is 55.6 Å². The highest BCUT2D eigenvalue weighted by Gasteiger charge is 2.28. The minimum Gasteiger partial charge on any atom is -0.437 e. The lowest BCUT2D eigenvalue weighted by Crippen LogP contribution is -2.03. The molecule has 0 bridgehead atoms. The Balaban J connectivity index is 0.0000000976. The highest BCUT2D eigenvalue weighted by molar-refractivity contribution is 7.28. The zero-order valence-corrected chi connectivity index (χ0v) is 72.4. The van der Waals surface area contributed by atoms with E-state index in [1.165, 1.54) is 145 Å². The van der Waals surface area contributed by atoms with Gasteiger partial charge in [0, 0.05) is 146 Å². The number of hydrogen-bond acceptors (Lipinski definition) is 12. The molecule has 0 aliphatic rings. The number of nitrogens with zero attached hydrogens (tertiary/aromatic N) is 9. The van der Waals surface area contributed by atoms with Crippen LogP contribution in [0.15, 0.2) is 387 Å². The standard InChI is InChI=1S/C38H21N3OS.2C38H21N3S2/c1-2-11-23-21-31-29(20-22(23)10-1)24-12-3-6-17-30(24)41(31)38-39-35(34-27-14-4-7-18-32(27)42-37(34)40-38)28-16-9-15-26-25-13-5-8-19-33(25)43-36(26)28;1-2-11-23-21-31-29(20-22(23)10-1)24-12-3-6-17-30(24)41(31)38-39-35(34-27-14-5-8-19-33(27)43-37(34)40-38)28-16-9-15-26-25-13-4-7-18-32(25)42-36(26)28;1-2-11-23-21-30-28(20-22(23)10-1)24-12-3-6-16-29(24)41(30)38-39-36(35-26-14-5-8-18-32(26)43-37(35)40-38)27-15-9-19-33-34(27)25-13-4-7-17-31(25)42-33/h3*1-21H. The summed E-state index contributed by atoms with van der Waals surface area (Å²) in [6.07, 6.45) is 0. The third-order valence-electron chi connectivity index (χ3n) is 25.9. The summed E-state index contributed by atoms with van der Waals surface area (Å²) < 4.78 is 23.2. The fraction of sp³-hybridized carbons (Fsp3) is 0. The molecule has 0 atom stereocenters. The number of aromatic nitrogens is 9. The summed E-state index contributed by atoms with van der Waals surface area (Å²) in [5.41, 5.74) is 14.2. The molecule has 0 N–H and O–H groups in total. The summed E-state index contributed by atoms with van der Waals surface area (Å²) in [5, 5.41) is 28.7. The van der Waals surface area contributed by atoms with Crippen molar-refractivity contribution < 1.29 is 4.42 Å². The van der Waals surface area contributed by atoms with Crippen LogP contribution in [0.5, 0.6) is 0 Å². The van der Waals surface area contributed by atoms with Crippen molar-refractivity contribution in [1.82, 2.24) is 43.6 Å². The molecule has 0 amide bonds. The normalized spacial score (nSPS) is 12.2. The number of fused-ring (bicyclic) bond motifs is 30. The fourth-order valence-electron chi connectivity index (χ4n) is 20.2. The number of benzene rings is 18. The Morgan fingerprint density at radius 1 is 0.194 bits per heavy atom. The number of para-hydroxylation sites is 4. The van der Waals surface area contributed by atoms with Gasteiger partial charge in [0.25, 0.3) is 0 Å². The van der Waals surface area contributed by atoms with E-state index in [9.17, 15) is 0 Å². The van der Waals surface area contributed by atoms with E-state index in [1.54, 1.807) is 22.7 Å². The Morgan fingerprint density at radius 3 is 0.953 bits per heavy atom. The van der Waals surface area contributed by atoms with Crippen molar-refractivity contribution in [2.75, 3.05) is 0 Å². The van der Waals surface area contributed by atoms with E-state index in [4.69, 9.17) is 34.3 Å². The van der Waals surface area contributed by atoms with Crippen LogP contribution in [0.25, 0.3) is 273 Å². The maximum Gasteiger partial charge on any atom is 0.238 e. The van der Waals surface area contributed by atoms with Crippen molar-refractivity contribution in [2.24, 2.45) is 0 Å². The molecule has 10 nitrogen and oxygen atoms in total. The highest BCUT2D eigenvalue weighted by atomic mass is 32.1. The monoisotopic (exact) mass is 1730 g/mol. The van der Waals surface area contributed by atoms with Gasteiger partial charge in [-0.05, 0) is 129 Å². The SMILES string of the molecule is c1ccc2cc3c(cc2c1)c1ccccc1n3-c1nc(-c2cccc3c2sc2ccccc23)c2c(n1)oc1ccccc12.c1ccc2cc3c(cc2c1)c1ccccc1n3-c1nc(-c2cccc3c2sc2ccccc23)c2c(n1)sc1ccccc12.c1ccc2cc3c(cc2c1)c1ccccc1n3-c1nc(-c2cccc3sc4ccccc4c23)c2c(n1)sc1ccccc12. The molecule has 0 spiro atoms. The van der Waals surface area contributed by atoms with Crippen molar-refractivity contribution >= 4 is 278 Å². The molecule has 12 aromatic heterocycles. The topological polar surface area (TPSA) is 105 Å². The minimum absolute atomic E-state index is 0.589. The van der Waals surface area contributed by atoms with Gasteiger partial charge in [-0.25, -0.2) is 24.9 Å². The summed E-state index contributed by atoms with van der Waals surface area (Å²) in [6.45, 7) is 0. The van der Waals surface area contributed by atoms with E-state index in [2.05, 4.69) is 378 Å². The second kappa shape index (κ2) is 28.4. The molecular weight excluding hydrogens is 1670 g/mol. The second-order valence-corrected chi connectivity index (χ2v) is 38.2. The van der Waals surface area contributed by atoms with Crippen molar-refractivity contribution in [3.05, 3.63) is 382 Å². The van der Waals surface area contributed by atoms with Crippen LogP contribution in [-0.4, -0.2) is 43.6 Å². The lowest BCUT2D eigenvalue weighted by Gasteiger charge is -2.11. The quantitative estimate of drug-likeness (QED) is 0.163. The second-order valence-electron chi connectivity index (χ2n) is 33.0. The Bertz CT molecular complexity index is 9660. The minimum atomic E-state index is 0.589. The van der Waals surface area contributed by atoms with Gasteiger partial charge in [-0.3, -0.25) is 13.7 Å². The molecule has 0 radical (unpaired) electrons. The zero-order valence-electron chi connectivity index (χ0n) is 68.3. The Labute approximate surface area is 753 Å². The third kappa shape index (κ3) is 11.1. The Hall–Kier alpha value is -15.7. The maximum absolute atomic E-state index is 6.46. The molecule has 0 saturated carbocycles. The van der Waals surface area contributed by atoms with Gasteiger partial charge in [-0.15, -0.1) is 56.7 Å². The number of furan rings is 1. The van der Waals surface area contributed by atoms with Gasteiger partial charge in [-0.1, -0.05) is 285 Å². The molecule has 12 heterocycles. The zero-order chi connectivity index (χ0) is 84.2. The average molecular weight is 1740 g/mol. The molecule has 0 aliphatic carbocycles. The molecule has 0 aliphatic heterocycles. The predicted octanol–water partition coefficient (Wildman–Crippen LogP) is 32.9. The molecule has 0 unspecified atom stereocenters. The summed E-state index contributed by atoms with van der Waals surface area (Å²) in [4.78, 5) is 34.2. The van der Waals surface area contributed by atoms with Crippen LogP contribution in [0, 0.1) is 0 Å². The van der Waals surface area contributed by atoms with Gasteiger partial charge < -0.3 is 4.42 Å². The molecule has 0 saturated heterocycles. The molecule has 129 heavy (non-hydrogen) atoms. The summed E-state index contributed by atoms with van der Waals surface area (Å²) in [5.74, 6) is 2.00. The van der Waals surface area contributed by atoms with Crippen LogP contribution in [-0.2, 0) is 0 Å². The molecule has 15 heteroatoms. The van der Waals surface area contributed by atoms with Crippen LogP contribution < -0.4 is 0 Å². The van der Waals surface area contributed by atoms with Gasteiger partial charge in [0.1, 0.15) is 15.2 Å². The summed E-state index contributed by atoms with van der Waals surface area (Å²) in [7, 11) is 0. The van der Waals surface area contributed by atoms with Gasteiger partial charge >= 0.3 is 0 Å². The molecule has 0 fully saturated rings. The van der Waals surface area contributed by atoms with Crippen LogP contribution in [0.1, 0.15) is 0 Å². The van der Waals surface area contributed by atoms with Crippen molar-refractivity contribution in [1.29, 1.82) is 0 Å². The van der Waals surface area contributed by atoms with E-state index in [0.29, 0.717) is 23.6 Å². The molecular formula is C114H63N9OS5.